The van der Waals surface area contributed by atoms with E-state index >= 15 is 0 Å². The predicted octanol–water partition coefficient (Wildman–Crippen LogP) is 1.56. The highest BCUT2D eigenvalue weighted by Gasteiger charge is 2.46. The van der Waals surface area contributed by atoms with Crippen molar-refractivity contribution >= 4 is 10.2 Å². The molecule has 1 saturated carbocycles. The van der Waals surface area contributed by atoms with Gasteiger partial charge in [0.05, 0.1) is 0 Å². The molecule has 1 aliphatic heterocycles. The van der Waals surface area contributed by atoms with Crippen LogP contribution in [0.1, 0.15) is 52.4 Å². The third-order valence-electron chi connectivity index (χ3n) is 4.96. The third-order valence-corrected chi connectivity index (χ3v) is 7.14. The monoisotopic (exact) mass is 303 g/mol. The standard InChI is InChI=1S/C14H29N3O2S/c1-3-17(14(12-15)8-4-5-9-14)20(18,19)16-10-6-7-13(2)11-16/h13H,3-12,15H2,1-2H3. The van der Waals surface area contributed by atoms with Crippen molar-refractivity contribution in [3.63, 3.8) is 0 Å². The molecule has 1 aliphatic carbocycles. The quantitative estimate of drug-likeness (QED) is 0.838. The summed E-state index contributed by atoms with van der Waals surface area (Å²) in [5, 5.41) is 0. The highest BCUT2D eigenvalue weighted by Crippen LogP contribution is 2.37. The predicted molar refractivity (Wildman–Crippen MR) is 81.5 cm³/mol. The highest BCUT2D eigenvalue weighted by atomic mass is 32.2. The molecule has 0 aromatic carbocycles. The SMILES string of the molecule is CCN(C1(CN)CCCC1)S(=O)(=O)N1CCCC(C)C1. The lowest BCUT2D eigenvalue weighted by atomic mass is 9.98. The zero-order chi connectivity index (χ0) is 14.8. The van der Waals surface area contributed by atoms with E-state index in [1.54, 1.807) is 8.61 Å². The maximum Gasteiger partial charge on any atom is 0.282 e. The van der Waals surface area contributed by atoms with Gasteiger partial charge in [0, 0.05) is 31.7 Å². The zero-order valence-electron chi connectivity index (χ0n) is 12.8. The molecule has 1 atom stereocenters. The molecule has 5 nitrogen and oxygen atoms in total. The van der Waals surface area contributed by atoms with Gasteiger partial charge < -0.3 is 5.73 Å². The Morgan fingerprint density at radius 1 is 1.30 bits per heavy atom. The molecule has 118 valence electrons. The van der Waals surface area contributed by atoms with Crippen molar-refractivity contribution in [3.8, 4) is 0 Å². The van der Waals surface area contributed by atoms with Gasteiger partial charge in [-0.2, -0.15) is 17.0 Å². The van der Waals surface area contributed by atoms with E-state index in [1.807, 2.05) is 6.92 Å². The number of piperidine rings is 1. The topological polar surface area (TPSA) is 66.6 Å². The molecule has 2 N–H and O–H groups in total. The Morgan fingerprint density at radius 3 is 2.45 bits per heavy atom. The maximum atomic E-state index is 13.0. The van der Waals surface area contributed by atoms with Crippen LogP contribution in [0.3, 0.4) is 0 Å². The van der Waals surface area contributed by atoms with Gasteiger partial charge in [-0.15, -0.1) is 0 Å². The Hall–Kier alpha value is -0.170. The van der Waals surface area contributed by atoms with Gasteiger partial charge in [-0.1, -0.05) is 26.7 Å². The maximum absolute atomic E-state index is 13.0. The van der Waals surface area contributed by atoms with E-state index in [9.17, 15) is 8.42 Å². The van der Waals surface area contributed by atoms with Crippen molar-refractivity contribution in [1.29, 1.82) is 0 Å². The summed E-state index contributed by atoms with van der Waals surface area (Å²) >= 11 is 0. The molecule has 0 radical (unpaired) electrons. The van der Waals surface area contributed by atoms with Crippen molar-refractivity contribution < 1.29 is 8.42 Å². The summed E-state index contributed by atoms with van der Waals surface area (Å²) in [5.41, 5.74) is 5.64. The van der Waals surface area contributed by atoms with Gasteiger partial charge in [0.25, 0.3) is 10.2 Å². The summed E-state index contributed by atoms with van der Waals surface area (Å²) in [6.07, 6.45) is 6.06. The minimum absolute atomic E-state index is 0.339. The fourth-order valence-corrected chi connectivity index (χ4v) is 5.98. The van der Waals surface area contributed by atoms with Gasteiger partial charge >= 0.3 is 0 Å². The lowest BCUT2D eigenvalue weighted by molar-refractivity contribution is 0.177. The molecule has 0 aromatic rings. The molecule has 2 fully saturated rings. The average molecular weight is 303 g/mol. The Balaban J connectivity index is 2.25. The number of hydrogen-bond donors (Lipinski definition) is 1. The zero-order valence-corrected chi connectivity index (χ0v) is 13.7. The van der Waals surface area contributed by atoms with Crippen molar-refractivity contribution in [2.45, 2.75) is 57.9 Å². The number of rotatable bonds is 5. The number of likely N-dealkylation sites (N-methyl/N-ethyl adjacent to an activating group) is 1. The smallest absolute Gasteiger partial charge is 0.282 e. The van der Waals surface area contributed by atoms with Gasteiger partial charge in [0.1, 0.15) is 0 Å². The first-order valence-corrected chi connectivity index (χ1v) is 9.34. The van der Waals surface area contributed by atoms with Gasteiger partial charge in [-0.3, -0.25) is 0 Å². The van der Waals surface area contributed by atoms with E-state index in [4.69, 9.17) is 5.73 Å². The summed E-state index contributed by atoms with van der Waals surface area (Å²) in [5.74, 6) is 0.453. The molecule has 0 spiro atoms. The highest BCUT2D eigenvalue weighted by molar-refractivity contribution is 7.86. The van der Waals surface area contributed by atoms with E-state index in [0.29, 0.717) is 32.1 Å². The van der Waals surface area contributed by atoms with Crippen LogP contribution < -0.4 is 5.73 Å². The summed E-state index contributed by atoms with van der Waals surface area (Å²) < 4.78 is 29.4. The minimum atomic E-state index is -3.37. The fourth-order valence-electron chi connectivity index (χ4n) is 3.83. The lowest BCUT2D eigenvalue weighted by Crippen LogP contribution is -2.59. The fraction of sp³-hybridized carbons (Fsp3) is 1.00. The molecule has 1 unspecified atom stereocenters. The van der Waals surface area contributed by atoms with E-state index in [-0.39, 0.29) is 5.54 Å². The van der Waals surface area contributed by atoms with Crippen LogP contribution >= 0.6 is 0 Å². The number of nitrogens with two attached hydrogens (primary N) is 1. The van der Waals surface area contributed by atoms with E-state index < -0.39 is 10.2 Å². The largest absolute Gasteiger partial charge is 0.329 e. The molecule has 2 aliphatic rings. The summed E-state index contributed by atoms with van der Waals surface area (Å²) in [4.78, 5) is 0. The van der Waals surface area contributed by atoms with E-state index in [2.05, 4.69) is 6.92 Å². The Labute approximate surface area is 123 Å². The number of nitrogens with zero attached hydrogens (tertiary/aromatic N) is 2. The van der Waals surface area contributed by atoms with Crippen LogP contribution in [0.5, 0.6) is 0 Å². The molecule has 0 bridgehead atoms. The lowest BCUT2D eigenvalue weighted by Gasteiger charge is -2.43. The van der Waals surface area contributed by atoms with Crippen LogP contribution in [0.4, 0.5) is 0 Å². The molecule has 0 aromatic heterocycles. The van der Waals surface area contributed by atoms with Crippen LogP contribution in [-0.4, -0.2) is 48.7 Å². The van der Waals surface area contributed by atoms with E-state index in [0.717, 1.165) is 38.5 Å². The van der Waals surface area contributed by atoms with Crippen LogP contribution in [0.25, 0.3) is 0 Å². The van der Waals surface area contributed by atoms with Crippen molar-refractivity contribution in [2.75, 3.05) is 26.2 Å². The van der Waals surface area contributed by atoms with Crippen molar-refractivity contribution in [3.05, 3.63) is 0 Å². The Kier molecular flexibility index (Phi) is 5.10. The first-order valence-electron chi connectivity index (χ1n) is 7.94. The Bertz CT molecular complexity index is 418. The van der Waals surface area contributed by atoms with Crippen LogP contribution in [-0.2, 0) is 10.2 Å². The molecule has 1 saturated heterocycles. The summed E-state index contributed by atoms with van der Waals surface area (Å²) in [6, 6.07) is 0. The van der Waals surface area contributed by atoms with Crippen molar-refractivity contribution in [1.82, 2.24) is 8.61 Å². The van der Waals surface area contributed by atoms with E-state index in [1.165, 1.54) is 0 Å². The minimum Gasteiger partial charge on any atom is -0.329 e. The molecule has 20 heavy (non-hydrogen) atoms. The first-order chi connectivity index (χ1) is 9.46. The summed E-state index contributed by atoms with van der Waals surface area (Å²) in [7, 11) is -3.37. The molecule has 6 heteroatoms. The van der Waals surface area contributed by atoms with Crippen molar-refractivity contribution in [2.24, 2.45) is 11.7 Å². The first kappa shape index (κ1) is 16.2. The molecular formula is C14H29N3O2S. The number of hydrogen-bond acceptors (Lipinski definition) is 3. The van der Waals surface area contributed by atoms with Crippen LogP contribution in [0.15, 0.2) is 0 Å². The molecule has 1 heterocycles. The second-order valence-electron chi connectivity index (χ2n) is 6.41. The van der Waals surface area contributed by atoms with Gasteiger partial charge in [0.15, 0.2) is 0 Å². The third kappa shape index (κ3) is 2.89. The van der Waals surface area contributed by atoms with Crippen LogP contribution in [0, 0.1) is 5.92 Å². The normalized spacial score (nSPS) is 28.1. The van der Waals surface area contributed by atoms with Gasteiger partial charge in [-0.05, 0) is 31.6 Å². The molecule has 0 amide bonds. The second kappa shape index (κ2) is 6.30. The van der Waals surface area contributed by atoms with Crippen LogP contribution in [0.2, 0.25) is 0 Å². The van der Waals surface area contributed by atoms with Gasteiger partial charge in [-0.25, -0.2) is 0 Å². The van der Waals surface area contributed by atoms with Gasteiger partial charge in [0.2, 0.25) is 0 Å². The molecule has 2 rings (SSSR count). The Morgan fingerprint density at radius 2 is 1.95 bits per heavy atom. The second-order valence-corrected chi connectivity index (χ2v) is 8.27. The average Bonchev–Trinajstić information content (AvgIpc) is 2.89. The molecular weight excluding hydrogens is 274 g/mol. The summed E-state index contributed by atoms with van der Waals surface area (Å²) in [6.45, 7) is 6.32.